The van der Waals surface area contributed by atoms with Crippen molar-refractivity contribution in [2.75, 3.05) is 7.05 Å². The van der Waals surface area contributed by atoms with Crippen molar-refractivity contribution in [3.63, 3.8) is 0 Å². The molecule has 3 rings (SSSR count). The molecule has 0 radical (unpaired) electrons. The molecule has 0 aliphatic heterocycles. The Kier molecular flexibility index (Phi) is 6.59. The fourth-order valence-corrected chi connectivity index (χ4v) is 3.20. The minimum Gasteiger partial charge on any atom is -0.336 e. The molecule has 0 spiro atoms. The Bertz CT molecular complexity index is 1200. The third-order valence-electron chi connectivity index (χ3n) is 4.63. The van der Waals surface area contributed by atoms with Gasteiger partial charge < -0.3 is 4.90 Å². The number of aromatic nitrogens is 3. The Labute approximate surface area is 187 Å². The summed E-state index contributed by atoms with van der Waals surface area (Å²) in [5.41, 5.74) is -4.48. The van der Waals surface area contributed by atoms with Crippen molar-refractivity contribution < 1.29 is 31.1 Å². The molecule has 33 heavy (non-hydrogen) atoms. The number of rotatable bonds is 5. The number of hydrogen-bond donors (Lipinski definition) is 1. The third-order valence-corrected chi connectivity index (χ3v) is 5.00. The number of alkyl halides is 6. The summed E-state index contributed by atoms with van der Waals surface area (Å²) >= 11 is 6.05. The van der Waals surface area contributed by atoms with Crippen molar-refractivity contribution in [1.29, 1.82) is 0 Å². The van der Waals surface area contributed by atoms with Crippen LogP contribution >= 0.6 is 11.6 Å². The molecule has 0 bridgehead atoms. The molecule has 0 fully saturated rings. The van der Waals surface area contributed by atoms with Gasteiger partial charge >= 0.3 is 12.4 Å². The Balaban J connectivity index is 1.87. The first-order valence-corrected chi connectivity index (χ1v) is 9.57. The van der Waals surface area contributed by atoms with Gasteiger partial charge in [-0.05, 0) is 35.4 Å². The van der Waals surface area contributed by atoms with Crippen molar-refractivity contribution in [1.82, 2.24) is 19.9 Å². The summed E-state index contributed by atoms with van der Waals surface area (Å²) in [6.45, 7) is -0.659. The van der Waals surface area contributed by atoms with E-state index in [1.54, 1.807) is 24.3 Å². The summed E-state index contributed by atoms with van der Waals surface area (Å²) in [6.07, 6.45) is -10.1. The number of nitrogens with zero attached hydrogens (tertiary/aromatic N) is 3. The molecule has 6 nitrogen and oxygen atoms in total. The van der Waals surface area contributed by atoms with E-state index in [9.17, 15) is 35.9 Å². The van der Waals surface area contributed by atoms with E-state index in [1.807, 2.05) is 0 Å². The maximum atomic E-state index is 13.0. The average molecular weight is 493 g/mol. The van der Waals surface area contributed by atoms with E-state index in [4.69, 9.17) is 11.6 Å². The van der Waals surface area contributed by atoms with Crippen LogP contribution in [0.25, 0.3) is 0 Å². The molecule has 1 heterocycles. The molecule has 1 amide bonds. The lowest BCUT2D eigenvalue weighted by molar-refractivity contribution is -0.143. The number of nitrogens with one attached hydrogen (secondary N) is 1. The first-order chi connectivity index (χ1) is 15.3. The van der Waals surface area contributed by atoms with Gasteiger partial charge in [-0.15, -0.1) is 5.10 Å². The molecule has 13 heteroatoms. The normalized spacial score (nSPS) is 12.1. The Morgan fingerprint density at radius 1 is 1.06 bits per heavy atom. The molecular weight excluding hydrogens is 478 g/mol. The second-order valence-electron chi connectivity index (χ2n) is 7.12. The van der Waals surface area contributed by atoms with Gasteiger partial charge in [-0.2, -0.15) is 26.3 Å². The standard InChI is InChI=1S/C20H15ClF6N4O2/c1-30(10-12-4-2-3-5-15(12)21)17(32)16-18(33)31(29-28-16)9-11-6-13(19(22,23)24)8-14(7-11)20(25,26)27/h2-8,29H,9-10H2,1H3. The van der Waals surface area contributed by atoms with Gasteiger partial charge in [0, 0.05) is 18.6 Å². The van der Waals surface area contributed by atoms with Gasteiger partial charge in [-0.3, -0.25) is 9.59 Å². The summed E-state index contributed by atoms with van der Waals surface area (Å²) in [5.74, 6) is -0.810. The monoisotopic (exact) mass is 492 g/mol. The van der Waals surface area contributed by atoms with Crippen LogP contribution in [-0.4, -0.2) is 32.8 Å². The number of hydrogen-bond acceptors (Lipinski definition) is 3. The van der Waals surface area contributed by atoms with Crippen molar-refractivity contribution in [3.05, 3.63) is 85.8 Å². The highest BCUT2D eigenvalue weighted by Gasteiger charge is 2.37. The maximum Gasteiger partial charge on any atom is 0.416 e. The molecule has 0 aliphatic rings. The van der Waals surface area contributed by atoms with E-state index >= 15 is 0 Å². The van der Waals surface area contributed by atoms with Gasteiger partial charge in [0.15, 0.2) is 0 Å². The van der Waals surface area contributed by atoms with Gasteiger partial charge in [0.25, 0.3) is 11.5 Å². The lowest BCUT2D eigenvalue weighted by atomic mass is 10.0. The Morgan fingerprint density at radius 3 is 2.18 bits per heavy atom. The van der Waals surface area contributed by atoms with Gasteiger partial charge in [-0.25, -0.2) is 9.90 Å². The number of aromatic amines is 1. The van der Waals surface area contributed by atoms with Crippen LogP contribution in [0.15, 0.2) is 47.3 Å². The summed E-state index contributed by atoms with van der Waals surface area (Å²) < 4.78 is 78.9. The lowest BCUT2D eigenvalue weighted by Crippen LogP contribution is -2.32. The van der Waals surface area contributed by atoms with E-state index in [0.717, 1.165) is 4.90 Å². The largest absolute Gasteiger partial charge is 0.416 e. The van der Waals surface area contributed by atoms with E-state index in [1.165, 1.54) is 7.05 Å². The first-order valence-electron chi connectivity index (χ1n) is 9.20. The second-order valence-corrected chi connectivity index (χ2v) is 7.53. The minimum atomic E-state index is -5.03. The van der Waals surface area contributed by atoms with E-state index in [-0.39, 0.29) is 12.6 Å². The topological polar surface area (TPSA) is 71.0 Å². The summed E-state index contributed by atoms with van der Waals surface area (Å²) in [7, 11) is 1.38. The molecule has 2 aromatic carbocycles. The quantitative estimate of drug-likeness (QED) is 0.530. The van der Waals surface area contributed by atoms with Crippen LogP contribution in [0.5, 0.6) is 0 Å². The molecule has 3 aromatic rings. The van der Waals surface area contributed by atoms with Gasteiger partial charge in [0.2, 0.25) is 5.69 Å². The zero-order valence-electron chi connectivity index (χ0n) is 16.8. The molecule has 0 saturated carbocycles. The smallest absolute Gasteiger partial charge is 0.336 e. The van der Waals surface area contributed by atoms with Gasteiger partial charge in [-0.1, -0.05) is 29.8 Å². The van der Waals surface area contributed by atoms with Crippen molar-refractivity contribution in [2.45, 2.75) is 25.4 Å². The minimum absolute atomic E-state index is 0.0160. The predicted molar refractivity (Wildman–Crippen MR) is 106 cm³/mol. The van der Waals surface area contributed by atoms with Gasteiger partial charge in [0.1, 0.15) is 0 Å². The number of amides is 1. The third kappa shape index (κ3) is 5.56. The Morgan fingerprint density at radius 2 is 1.64 bits per heavy atom. The molecule has 0 atom stereocenters. The van der Waals surface area contributed by atoms with Gasteiger partial charge in [0.05, 0.1) is 17.7 Å². The SMILES string of the molecule is CN(Cc1ccccc1Cl)C(=O)c1n[nH]n(Cc2cc(C(F)(F)F)cc(C(F)(F)F)c2)c1=O. The van der Waals surface area contributed by atoms with Crippen LogP contribution in [0.1, 0.15) is 32.7 Å². The zero-order valence-corrected chi connectivity index (χ0v) is 17.5. The maximum absolute atomic E-state index is 13.0. The van der Waals surface area contributed by atoms with Crippen molar-refractivity contribution >= 4 is 17.5 Å². The fraction of sp³-hybridized carbons (Fsp3) is 0.250. The molecule has 0 saturated heterocycles. The number of benzene rings is 2. The number of halogens is 7. The summed E-state index contributed by atoms with van der Waals surface area (Å²) in [4.78, 5) is 26.3. The van der Waals surface area contributed by atoms with Crippen LogP contribution in [-0.2, 0) is 25.4 Å². The van der Waals surface area contributed by atoms with E-state index in [0.29, 0.717) is 27.4 Å². The lowest BCUT2D eigenvalue weighted by Gasteiger charge is -2.16. The molecule has 176 valence electrons. The Hall–Kier alpha value is -3.28. The molecule has 0 unspecified atom stereocenters. The highest BCUT2D eigenvalue weighted by atomic mass is 35.5. The fourth-order valence-electron chi connectivity index (χ4n) is 3.01. The van der Waals surface area contributed by atoms with Crippen LogP contribution in [0.2, 0.25) is 5.02 Å². The van der Waals surface area contributed by atoms with Crippen molar-refractivity contribution in [3.8, 4) is 0 Å². The molecule has 0 aliphatic carbocycles. The zero-order chi connectivity index (χ0) is 24.6. The van der Waals surface area contributed by atoms with Crippen LogP contribution in [0.4, 0.5) is 26.3 Å². The van der Waals surface area contributed by atoms with Crippen molar-refractivity contribution in [2.24, 2.45) is 0 Å². The number of carbonyl (C=O) groups is 1. The summed E-state index contributed by atoms with van der Waals surface area (Å²) in [5, 5.41) is 6.15. The predicted octanol–water partition coefficient (Wildman–Crippen LogP) is 4.58. The molecule has 1 aromatic heterocycles. The summed E-state index contributed by atoms with van der Waals surface area (Å²) in [6, 6.07) is 7.64. The average Bonchev–Trinajstić information content (AvgIpc) is 3.07. The number of carbonyl (C=O) groups excluding carboxylic acids is 1. The molecular formula is C20H15ClF6N4O2. The highest BCUT2D eigenvalue weighted by molar-refractivity contribution is 6.31. The van der Waals surface area contributed by atoms with E-state index < -0.39 is 52.7 Å². The van der Waals surface area contributed by atoms with E-state index in [2.05, 4.69) is 10.3 Å². The highest BCUT2D eigenvalue weighted by Crippen LogP contribution is 2.36. The van der Waals surface area contributed by atoms with Crippen LogP contribution in [0, 0.1) is 0 Å². The number of H-pyrrole nitrogens is 1. The van der Waals surface area contributed by atoms with Crippen LogP contribution in [0.3, 0.4) is 0 Å². The molecule has 1 N–H and O–H groups in total. The van der Waals surface area contributed by atoms with Crippen LogP contribution < -0.4 is 5.56 Å². The second kappa shape index (κ2) is 8.93. The first kappa shape index (κ1) is 24.4.